The molecule has 1 radical (unpaired) electrons. The Morgan fingerprint density at radius 3 is 1.45 bits per heavy atom. The van der Waals surface area contributed by atoms with E-state index in [9.17, 15) is 0 Å². The van der Waals surface area contributed by atoms with Gasteiger partial charge in [0.2, 0.25) is 0 Å². The van der Waals surface area contributed by atoms with Gasteiger partial charge in [0.1, 0.15) is 0 Å². The molecule has 0 atom stereocenters. The van der Waals surface area contributed by atoms with Gasteiger partial charge in [0, 0.05) is 32.7 Å². The molecule has 0 saturated carbocycles. The topological polar surface area (TPSA) is 0 Å². The van der Waals surface area contributed by atoms with Gasteiger partial charge in [-0.15, -0.1) is 0 Å². The molecule has 0 bridgehead atoms. The molecule has 0 aliphatic carbocycles. The molecule has 0 saturated heterocycles. The summed E-state index contributed by atoms with van der Waals surface area (Å²) in [5, 5.41) is 0. The Morgan fingerprint density at radius 1 is 0.682 bits per heavy atom. The predicted molar refractivity (Wildman–Crippen MR) is 99.6 cm³/mol. The number of hydrogen-bond acceptors (Lipinski definition) is 0. The van der Waals surface area contributed by atoms with Gasteiger partial charge < -0.3 is 6.92 Å². The van der Waals surface area contributed by atoms with E-state index >= 15 is 0 Å². The first-order chi connectivity index (χ1) is 10.4. The molecular weight excluding hydrogens is 341 g/mol. The van der Waals surface area contributed by atoms with Crippen LogP contribution in [0.4, 0.5) is 0 Å². The van der Waals surface area contributed by atoms with Crippen LogP contribution in [0.2, 0.25) is 0 Å². The average Bonchev–Trinajstić information content (AvgIpc) is 2.64. The summed E-state index contributed by atoms with van der Waals surface area (Å²) >= 11 is 0. The molecule has 0 aliphatic rings. The zero-order valence-electron chi connectivity index (χ0n) is 15.7. The Morgan fingerprint density at radius 2 is 1.05 bits per heavy atom. The smallest absolute Gasteiger partial charge is 0 e. The second-order valence-corrected chi connectivity index (χ2v) is 3.07. The Bertz CT molecular complexity index is 317. The predicted octanol–water partition coefficient (Wildman–Crippen LogP) is 6.99. The minimum atomic E-state index is 0. The zero-order valence-corrected chi connectivity index (χ0v) is 18.5. The van der Waals surface area contributed by atoms with Gasteiger partial charge in [-0.3, -0.25) is 0 Å². The van der Waals surface area contributed by atoms with Crippen molar-refractivity contribution >= 4 is 0 Å². The number of benzene rings is 2. The summed E-state index contributed by atoms with van der Waals surface area (Å²) in [5.41, 5.74) is 2.69. The van der Waals surface area contributed by atoms with Crippen molar-refractivity contribution in [2.75, 3.05) is 0 Å². The fourth-order valence-electron chi connectivity index (χ4n) is 1.37. The maximum atomic E-state index is 3.25. The first-order valence-electron chi connectivity index (χ1n) is 8.15. The van der Waals surface area contributed by atoms with Crippen molar-refractivity contribution in [3.63, 3.8) is 0 Å². The SMILES string of the molecule is CC.CC.CC.[CH2-]C.[Y].[c-]1ccc(Cc2ccccc2)cc1. The van der Waals surface area contributed by atoms with Gasteiger partial charge in [0.05, 0.1) is 0 Å². The minimum absolute atomic E-state index is 0. The summed E-state index contributed by atoms with van der Waals surface area (Å²) in [6.07, 6.45) is 1.01. The van der Waals surface area contributed by atoms with Crippen LogP contribution >= 0.6 is 0 Å². The number of rotatable bonds is 2. The summed E-state index contributed by atoms with van der Waals surface area (Å²) in [6.45, 7) is 17.0. The fraction of sp³-hybridized carbons (Fsp3) is 0.381. The van der Waals surface area contributed by atoms with E-state index in [1.54, 1.807) is 6.92 Å². The minimum Gasteiger partial charge on any atom is -0.346 e. The van der Waals surface area contributed by atoms with Crippen LogP contribution in [0, 0.1) is 13.0 Å². The van der Waals surface area contributed by atoms with Crippen LogP contribution in [0.1, 0.15) is 59.6 Å². The van der Waals surface area contributed by atoms with Crippen molar-refractivity contribution in [3.8, 4) is 0 Å². The van der Waals surface area contributed by atoms with Crippen LogP contribution in [-0.4, -0.2) is 0 Å². The fourth-order valence-corrected chi connectivity index (χ4v) is 1.37. The van der Waals surface area contributed by atoms with Gasteiger partial charge in [-0.25, -0.2) is 0 Å². The van der Waals surface area contributed by atoms with Crippen molar-refractivity contribution in [1.82, 2.24) is 0 Å². The van der Waals surface area contributed by atoms with Crippen LogP contribution < -0.4 is 0 Å². The van der Waals surface area contributed by atoms with Gasteiger partial charge >= 0.3 is 0 Å². The number of hydrogen-bond donors (Lipinski definition) is 0. The monoisotopic (exact) mass is 375 g/mol. The van der Waals surface area contributed by atoms with Gasteiger partial charge in [-0.1, -0.05) is 71.9 Å². The zero-order chi connectivity index (χ0) is 16.9. The molecule has 2 aromatic rings. The van der Waals surface area contributed by atoms with Crippen molar-refractivity contribution in [1.29, 1.82) is 0 Å². The largest absolute Gasteiger partial charge is 0.346 e. The van der Waals surface area contributed by atoms with Crippen molar-refractivity contribution < 1.29 is 32.7 Å². The third-order valence-electron chi connectivity index (χ3n) is 2.04. The molecule has 0 fully saturated rings. The average molecular weight is 375 g/mol. The van der Waals surface area contributed by atoms with Crippen LogP contribution in [0.5, 0.6) is 0 Å². The maximum absolute atomic E-state index is 3.25. The van der Waals surface area contributed by atoms with Crippen molar-refractivity contribution in [2.24, 2.45) is 0 Å². The first kappa shape index (κ1) is 29.5. The standard InChI is InChI=1S/C13H11.3C2H6.C2H5.Y/c1-3-7-12(8-4-1)11-13-9-5-2-6-10-13;4*1-2;/h1,3-10H,11H2;3*1-2H3;1H2,2H3;/q-1;;;;-1;. The second-order valence-electron chi connectivity index (χ2n) is 3.07. The van der Waals surface area contributed by atoms with E-state index in [2.05, 4.69) is 49.4 Å². The van der Waals surface area contributed by atoms with Gasteiger partial charge in [0.15, 0.2) is 0 Å². The summed E-state index contributed by atoms with van der Waals surface area (Å²) < 4.78 is 0. The van der Waals surface area contributed by atoms with Gasteiger partial charge in [-0.2, -0.15) is 42.8 Å². The van der Waals surface area contributed by atoms with E-state index in [1.165, 1.54) is 11.1 Å². The third-order valence-corrected chi connectivity index (χ3v) is 2.04. The molecule has 0 N–H and O–H groups in total. The molecule has 2 rings (SSSR count). The van der Waals surface area contributed by atoms with Crippen molar-refractivity contribution in [2.45, 2.75) is 54.9 Å². The first-order valence-corrected chi connectivity index (χ1v) is 8.15. The summed E-state index contributed by atoms with van der Waals surface area (Å²) in [4.78, 5) is 0. The normalized spacial score (nSPS) is 6.91. The molecule has 22 heavy (non-hydrogen) atoms. The van der Waals surface area contributed by atoms with E-state index in [1.807, 2.05) is 59.7 Å². The molecule has 0 unspecified atom stereocenters. The van der Waals surface area contributed by atoms with Gasteiger partial charge in [0.25, 0.3) is 0 Å². The van der Waals surface area contributed by atoms with E-state index < -0.39 is 0 Å². The Kier molecular flexibility index (Phi) is 38.5. The molecule has 0 nitrogen and oxygen atoms in total. The molecule has 0 aliphatic heterocycles. The molecule has 0 aromatic heterocycles. The Hall–Kier alpha value is -0.456. The molecular formula is C21H34Y-2. The van der Waals surface area contributed by atoms with E-state index in [4.69, 9.17) is 0 Å². The second kappa shape index (κ2) is 28.7. The Labute approximate surface area is 165 Å². The van der Waals surface area contributed by atoms with Crippen LogP contribution in [0.3, 0.4) is 0 Å². The summed E-state index contributed by atoms with van der Waals surface area (Å²) in [5.74, 6) is 0. The molecule has 0 heterocycles. The quantitative estimate of drug-likeness (QED) is 0.496. The van der Waals surface area contributed by atoms with Crippen molar-refractivity contribution in [3.05, 3.63) is 78.7 Å². The summed E-state index contributed by atoms with van der Waals surface area (Å²) in [7, 11) is 0. The molecule has 0 spiro atoms. The van der Waals surface area contributed by atoms with E-state index in [0.717, 1.165) is 6.42 Å². The van der Waals surface area contributed by atoms with Crippen LogP contribution in [0.25, 0.3) is 0 Å². The molecule has 0 amide bonds. The Balaban J connectivity index is -0.000000158. The van der Waals surface area contributed by atoms with E-state index in [-0.39, 0.29) is 32.7 Å². The van der Waals surface area contributed by atoms with Crippen LogP contribution in [-0.2, 0) is 39.1 Å². The molecule has 123 valence electrons. The summed E-state index contributed by atoms with van der Waals surface area (Å²) in [6, 6.07) is 21.6. The van der Waals surface area contributed by atoms with Crippen LogP contribution in [0.15, 0.2) is 54.6 Å². The third kappa shape index (κ3) is 17.6. The van der Waals surface area contributed by atoms with Gasteiger partial charge in [-0.05, 0) is 12.0 Å². The molecule has 2 aromatic carbocycles. The maximum Gasteiger partial charge on any atom is 0 e. The van der Waals surface area contributed by atoms with E-state index in [0.29, 0.717) is 0 Å². The molecule has 1 heteroatoms.